The Hall–Kier alpha value is -0.820. The summed E-state index contributed by atoms with van der Waals surface area (Å²) in [5.41, 5.74) is 1.44. The fraction of sp³-hybridized carbons (Fsp3) is 0.333. The SMILES string of the molecule is C=CC(C)(C)/C=C\c1sccc1C. The molecule has 0 spiro atoms. The summed E-state index contributed by atoms with van der Waals surface area (Å²) < 4.78 is 0. The van der Waals surface area contributed by atoms with Crippen molar-refractivity contribution in [1.29, 1.82) is 0 Å². The zero-order valence-corrected chi connectivity index (χ0v) is 9.32. The van der Waals surface area contributed by atoms with Crippen LogP contribution in [0.15, 0.2) is 30.2 Å². The van der Waals surface area contributed by atoms with E-state index in [-0.39, 0.29) is 5.41 Å². The van der Waals surface area contributed by atoms with Crippen LogP contribution in [-0.2, 0) is 0 Å². The monoisotopic (exact) mass is 192 g/mol. The number of thiophene rings is 1. The maximum absolute atomic E-state index is 3.81. The zero-order chi connectivity index (χ0) is 9.90. The first-order chi connectivity index (χ1) is 6.05. The Labute approximate surface area is 84.6 Å². The van der Waals surface area contributed by atoms with E-state index in [1.165, 1.54) is 10.4 Å². The highest BCUT2D eigenvalue weighted by Gasteiger charge is 2.07. The minimum atomic E-state index is 0.0937. The van der Waals surface area contributed by atoms with Crippen LogP contribution >= 0.6 is 11.3 Å². The Kier molecular flexibility index (Phi) is 3.10. The normalized spacial score (nSPS) is 12.2. The quantitative estimate of drug-likeness (QED) is 0.627. The van der Waals surface area contributed by atoms with Gasteiger partial charge in [0.05, 0.1) is 0 Å². The van der Waals surface area contributed by atoms with E-state index in [0.717, 1.165) is 0 Å². The molecule has 0 aliphatic rings. The molecule has 0 unspecified atom stereocenters. The Morgan fingerprint density at radius 2 is 2.15 bits per heavy atom. The van der Waals surface area contributed by atoms with Crippen molar-refractivity contribution in [2.75, 3.05) is 0 Å². The lowest BCUT2D eigenvalue weighted by Gasteiger charge is -2.12. The van der Waals surface area contributed by atoms with Crippen molar-refractivity contribution in [3.05, 3.63) is 40.6 Å². The number of hydrogen-bond acceptors (Lipinski definition) is 1. The first-order valence-electron chi connectivity index (χ1n) is 4.42. The average molecular weight is 192 g/mol. The van der Waals surface area contributed by atoms with Gasteiger partial charge in [0.25, 0.3) is 0 Å². The summed E-state index contributed by atoms with van der Waals surface area (Å²) in [6.45, 7) is 10.2. The van der Waals surface area contributed by atoms with Gasteiger partial charge in [-0.15, -0.1) is 17.9 Å². The van der Waals surface area contributed by atoms with Crippen LogP contribution < -0.4 is 0 Å². The number of rotatable bonds is 3. The molecule has 0 saturated carbocycles. The molecule has 0 saturated heterocycles. The molecule has 0 bridgehead atoms. The van der Waals surface area contributed by atoms with Crippen LogP contribution in [0.25, 0.3) is 6.08 Å². The third-order valence-corrected chi connectivity index (χ3v) is 3.08. The third-order valence-electron chi connectivity index (χ3n) is 2.09. The van der Waals surface area contributed by atoms with Gasteiger partial charge in [-0.2, -0.15) is 0 Å². The minimum absolute atomic E-state index is 0.0937. The van der Waals surface area contributed by atoms with E-state index in [4.69, 9.17) is 0 Å². The van der Waals surface area contributed by atoms with Gasteiger partial charge in [-0.05, 0) is 30.0 Å². The predicted octanol–water partition coefficient (Wildman–Crippen LogP) is 4.28. The van der Waals surface area contributed by atoms with Crippen molar-refractivity contribution in [3.8, 4) is 0 Å². The van der Waals surface area contributed by atoms with E-state index in [1.807, 2.05) is 6.08 Å². The van der Waals surface area contributed by atoms with Crippen molar-refractivity contribution in [2.45, 2.75) is 20.8 Å². The molecule has 0 aliphatic heterocycles. The van der Waals surface area contributed by atoms with Gasteiger partial charge in [0.1, 0.15) is 0 Å². The number of allylic oxidation sites excluding steroid dienone is 2. The summed E-state index contributed by atoms with van der Waals surface area (Å²) >= 11 is 1.78. The van der Waals surface area contributed by atoms with Crippen molar-refractivity contribution >= 4 is 17.4 Å². The molecular formula is C12H16S. The fourth-order valence-corrected chi connectivity index (χ4v) is 1.73. The van der Waals surface area contributed by atoms with Crippen LogP contribution in [0.3, 0.4) is 0 Å². The molecule has 13 heavy (non-hydrogen) atoms. The summed E-state index contributed by atoms with van der Waals surface area (Å²) in [7, 11) is 0. The van der Waals surface area contributed by atoms with Gasteiger partial charge in [-0.25, -0.2) is 0 Å². The molecule has 0 radical (unpaired) electrons. The van der Waals surface area contributed by atoms with E-state index in [1.54, 1.807) is 11.3 Å². The first-order valence-corrected chi connectivity index (χ1v) is 5.30. The van der Waals surface area contributed by atoms with Gasteiger partial charge in [-0.3, -0.25) is 0 Å². The fourth-order valence-electron chi connectivity index (χ4n) is 0.914. The highest BCUT2D eigenvalue weighted by Crippen LogP contribution is 2.23. The summed E-state index contributed by atoms with van der Waals surface area (Å²) in [6, 6.07) is 2.14. The Bertz CT molecular complexity index is 316. The number of hydrogen-bond donors (Lipinski definition) is 0. The van der Waals surface area contributed by atoms with E-state index in [2.05, 4.69) is 50.9 Å². The second-order valence-corrected chi connectivity index (χ2v) is 4.77. The van der Waals surface area contributed by atoms with Gasteiger partial charge >= 0.3 is 0 Å². The third kappa shape index (κ3) is 2.85. The molecule has 0 amide bonds. The van der Waals surface area contributed by atoms with Crippen molar-refractivity contribution in [2.24, 2.45) is 5.41 Å². The van der Waals surface area contributed by atoms with Crippen LogP contribution in [0.4, 0.5) is 0 Å². The second-order valence-electron chi connectivity index (χ2n) is 3.83. The molecule has 70 valence electrons. The lowest BCUT2D eigenvalue weighted by atomic mass is 9.93. The van der Waals surface area contributed by atoms with Crippen LogP contribution in [-0.4, -0.2) is 0 Å². The molecule has 1 aromatic rings. The van der Waals surface area contributed by atoms with E-state index in [9.17, 15) is 0 Å². The van der Waals surface area contributed by atoms with Crippen LogP contribution in [0.5, 0.6) is 0 Å². The molecule has 0 atom stereocenters. The average Bonchev–Trinajstić information content (AvgIpc) is 2.48. The molecule has 0 fully saturated rings. The molecule has 0 aromatic carbocycles. The van der Waals surface area contributed by atoms with E-state index >= 15 is 0 Å². The maximum atomic E-state index is 3.81. The van der Waals surface area contributed by atoms with E-state index < -0.39 is 0 Å². The van der Waals surface area contributed by atoms with Crippen LogP contribution in [0, 0.1) is 12.3 Å². The lowest BCUT2D eigenvalue weighted by molar-refractivity contribution is 0.631. The summed E-state index contributed by atoms with van der Waals surface area (Å²) in [4.78, 5) is 1.34. The smallest absolute Gasteiger partial charge is 0.0296 e. The van der Waals surface area contributed by atoms with Crippen LogP contribution in [0.1, 0.15) is 24.3 Å². The Morgan fingerprint density at radius 3 is 2.62 bits per heavy atom. The first kappa shape index (κ1) is 10.3. The largest absolute Gasteiger partial charge is 0.144 e. The van der Waals surface area contributed by atoms with Crippen molar-refractivity contribution < 1.29 is 0 Å². The Morgan fingerprint density at radius 1 is 1.46 bits per heavy atom. The van der Waals surface area contributed by atoms with Gasteiger partial charge in [0, 0.05) is 10.3 Å². The predicted molar refractivity (Wildman–Crippen MR) is 62.1 cm³/mol. The molecule has 1 aromatic heterocycles. The van der Waals surface area contributed by atoms with Gasteiger partial charge < -0.3 is 0 Å². The zero-order valence-electron chi connectivity index (χ0n) is 8.50. The van der Waals surface area contributed by atoms with E-state index in [0.29, 0.717) is 0 Å². The molecule has 1 rings (SSSR count). The molecule has 0 nitrogen and oxygen atoms in total. The highest BCUT2D eigenvalue weighted by molar-refractivity contribution is 7.11. The molecule has 1 heteroatoms. The second kappa shape index (κ2) is 3.93. The van der Waals surface area contributed by atoms with Gasteiger partial charge in [0.15, 0.2) is 0 Å². The summed E-state index contributed by atoms with van der Waals surface area (Å²) in [5, 5.41) is 2.12. The molecule has 0 aliphatic carbocycles. The summed E-state index contributed by atoms with van der Waals surface area (Å²) in [6.07, 6.45) is 6.34. The number of aryl methyl sites for hydroxylation is 1. The molecular weight excluding hydrogens is 176 g/mol. The maximum Gasteiger partial charge on any atom is 0.0296 e. The lowest BCUT2D eigenvalue weighted by Crippen LogP contribution is -2.00. The summed E-state index contributed by atoms with van der Waals surface area (Å²) in [5.74, 6) is 0. The molecule has 1 heterocycles. The highest BCUT2D eigenvalue weighted by atomic mass is 32.1. The molecule has 0 N–H and O–H groups in total. The minimum Gasteiger partial charge on any atom is -0.144 e. The van der Waals surface area contributed by atoms with Gasteiger partial charge in [-0.1, -0.05) is 26.0 Å². The van der Waals surface area contributed by atoms with Gasteiger partial charge in [0.2, 0.25) is 0 Å². The Balaban J connectivity index is 2.80. The van der Waals surface area contributed by atoms with Crippen LogP contribution in [0.2, 0.25) is 0 Å². The van der Waals surface area contributed by atoms with Crippen molar-refractivity contribution in [1.82, 2.24) is 0 Å². The topological polar surface area (TPSA) is 0 Å². The standard InChI is InChI=1S/C12H16S/c1-5-12(3,4)8-6-11-10(2)7-9-13-11/h5-9H,1H2,2-4H3/b8-6-. The van der Waals surface area contributed by atoms with Crippen molar-refractivity contribution in [3.63, 3.8) is 0 Å².